The molecule has 0 saturated carbocycles. The van der Waals surface area contributed by atoms with Crippen molar-refractivity contribution in [3.05, 3.63) is 23.2 Å². The highest BCUT2D eigenvalue weighted by Gasteiger charge is 2.26. The fraction of sp³-hybridized carbons (Fsp3) is 0.231. The summed E-state index contributed by atoms with van der Waals surface area (Å²) in [6, 6.07) is 4.78. The predicted octanol–water partition coefficient (Wildman–Crippen LogP) is 2.20. The first-order chi connectivity index (χ1) is 10.0. The summed E-state index contributed by atoms with van der Waals surface area (Å²) in [6.45, 7) is 1.46. The molecule has 8 heteroatoms. The van der Waals surface area contributed by atoms with Crippen molar-refractivity contribution >= 4 is 55.9 Å². The van der Waals surface area contributed by atoms with Gasteiger partial charge in [-0.3, -0.25) is 9.79 Å². The number of amides is 1. The summed E-state index contributed by atoms with van der Waals surface area (Å²) in [6.07, 6.45) is 0. The molecule has 108 valence electrons. The zero-order valence-corrected chi connectivity index (χ0v) is 12.6. The van der Waals surface area contributed by atoms with Crippen LogP contribution in [0.3, 0.4) is 0 Å². The van der Waals surface area contributed by atoms with E-state index in [9.17, 15) is 9.59 Å². The van der Waals surface area contributed by atoms with Gasteiger partial charge in [0.1, 0.15) is 10.1 Å². The highest BCUT2D eigenvalue weighted by molar-refractivity contribution is 8.15. The average molecular weight is 321 g/mol. The molecule has 1 unspecified atom stereocenters. The molecule has 21 heavy (non-hydrogen) atoms. The van der Waals surface area contributed by atoms with Crippen LogP contribution >= 0.6 is 23.1 Å². The number of fused-ring (bicyclic) bond motifs is 1. The van der Waals surface area contributed by atoms with Crippen molar-refractivity contribution < 1.29 is 14.7 Å². The van der Waals surface area contributed by atoms with Crippen LogP contribution < -0.4 is 5.32 Å². The number of aliphatic carboxylic acids is 1. The van der Waals surface area contributed by atoms with Crippen molar-refractivity contribution in [2.75, 3.05) is 11.1 Å². The molecule has 1 aromatic heterocycles. The summed E-state index contributed by atoms with van der Waals surface area (Å²) in [4.78, 5) is 30.6. The molecule has 0 saturated heterocycles. The Bertz CT molecular complexity index is 769. The van der Waals surface area contributed by atoms with E-state index in [1.165, 1.54) is 30.0 Å². The number of nitrogens with one attached hydrogen (secondary N) is 1. The number of thiazole rings is 1. The molecule has 1 atom stereocenters. The van der Waals surface area contributed by atoms with Crippen molar-refractivity contribution in [3.63, 3.8) is 0 Å². The van der Waals surface area contributed by atoms with E-state index in [1.807, 2.05) is 12.1 Å². The normalized spacial score (nSPS) is 17.8. The first-order valence-corrected chi connectivity index (χ1v) is 7.95. The van der Waals surface area contributed by atoms with Crippen LogP contribution in [0.1, 0.15) is 11.9 Å². The molecule has 0 spiro atoms. The topological polar surface area (TPSA) is 91.7 Å². The largest absolute Gasteiger partial charge is 0.480 e. The predicted molar refractivity (Wildman–Crippen MR) is 84.3 cm³/mol. The molecule has 0 fully saturated rings. The van der Waals surface area contributed by atoms with Crippen LogP contribution in [0.15, 0.2) is 23.2 Å². The van der Waals surface area contributed by atoms with Crippen LogP contribution in [0.4, 0.5) is 5.69 Å². The molecule has 1 aromatic carbocycles. The lowest BCUT2D eigenvalue weighted by atomic mass is 10.3. The molecule has 1 aliphatic heterocycles. The highest BCUT2D eigenvalue weighted by Crippen LogP contribution is 2.31. The van der Waals surface area contributed by atoms with Gasteiger partial charge in [-0.15, -0.1) is 23.1 Å². The highest BCUT2D eigenvalue weighted by atomic mass is 32.2. The maximum atomic E-state index is 11.1. The number of rotatable bonds is 3. The first-order valence-electron chi connectivity index (χ1n) is 6.15. The number of benzene rings is 1. The summed E-state index contributed by atoms with van der Waals surface area (Å²) in [5.41, 5.74) is 1.53. The Hall–Kier alpha value is -1.93. The van der Waals surface area contributed by atoms with Gasteiger partial charge in [-0.25, -0.2) is 9.78 Å². The average Bonchev–Trinajstić information content (AvgIpc) is 3.03. The summed E-state index contributed by atoms with van der Waals surface area (Å²) in [5.74, 6) is -0.594. The van der Waals surface area contributed by atoms with E-state index in [2.05, 4.69) is 15.3 Å². The molecule has 0 aliphatic carbocycles. The molecular formula is C13H11N3O3S2. The Morgan fingerprint density at radius 3 is 2.90 bits per heavy atom. The molecule has 6 nitrogen and oxygen atoms in total. The standard InChI is InChI=1S/C13H11N3O3S2/c1-6(17)14-7-2-3-8-10(4-7)21-12(15-8)11-16-9(5-20-11)13(18)19/h2-4,9H,5H2,1H3,(H,14,17)(H,18,19). The SMILES string of the molecule is CC(=O)Nc1ccc2nc(C3=NC(C(=O)O)CS3)sc2c1. The molecule has 0 radical (unpaired) electrons. The Morgan fingerprint density at radius 1 is 1.43 bits per heavy atom. The minimum Gasteiger partial charge on any atom is -0.480 e. The van der Waals surface area contributed by atoms with Gasteiger partial charge in [0, 0.05) is 18.4 Å². The van der Waals surface area contributed by atoms with Crippen molar-refractivity contribution in [1.82, 2.24) is 4.98 Å². The number of anilines is 1. The number of carboxylic acids is 1. The van der Waals surface area contributed by atoms with Gasteiger partial charge >= 0.3 is 5.97 Å². The van der Waals surface area contributed by atoms with Crippen molar-refractivity contribution in [1.29, 1.82) is 0 Å². The van der Waals surface area contributed by atoms with E-state index >= 15 is 0 Å². The maximum Gasteiger partial charge on any atom is 0.329 e. The van der Waals surface area contributed by atoms with Gasteiger partial charge < -0.3 is 10.4 Å². The third-order valence-corrected chi connectivity index (χ3v) is 5.04. The molecule has 2 heterocycles. The molecule has 0 bridgehead atoms. The lowest BCUT2D eigenvalue weighted by molar-refractivity contribution is -0.137. The molecule has 2 aromatic rings. The van der Waals surface area contributed by atoms with Gasteiger partial charge in [-0.2, -0.15) is 0 Å². The van der Waals surface area contributed by atoms with Crippen LogP contribution in [0, 0.1) is 0 Å². The zero-order valence-electron chi connectivity index (χ0n) is 11.0. The zero-order chi connectivity index (χ0) is 15.0. The van der Waals surface area contributed by atoms with Gasteiger partial charge in [-0.1, -0.05) is 0 Å². The van der Waals surface area contributed by atoms with Crippen LogP contribution in [0.2, 0.25) is 0 Å². The Balaban J connectivity index is 1.93. The quantitative estimate of drug-likeness (QED) is 0.904. The number of carboxylic acid groups (broad SMARTS) is 1. The minimum absolute atomic E-state index is 0.126. The summed E-state index contributed by atoms with van der Waals surface area (Å²) in [5, 5.41) is 13.1. The second-order valence-electron chi connectivity index (χ2n) is 4.48. The van der Waals surface area contributed by atoms with Crippen molar-refractivity contribution in [2.24, 2.45) is 4.99 Å². The minimum atomic E-state index is -0.911. The summed E-state index contributed by atoms with van der Waals surface area (Å²) >= 11 is 2.85. The van der Waals surface area contributed by atoms with Gasteiger partial charge in [-0.05, 0) is 18.2 Å². The van der Waals surface area contributed by atoms with Crippen LogP contribution in [0.25, 0.3) is 10.2 Å². The van der Waals surface area contributed by atoms with Crippen molar-refractivity contribution in [2.45, 2.75) is 13.0 Å². The van der Waals surface area contributed by atoms with E-state index in [-0.39, 0.29) is 5.91 Å². The van der Waals surface area contributed by atoms with E-state index in [1.54, 1.807) is 6.07 Å². The lowest BCUT2D eigenvalue weighted by Gasteiger charge is -1.99. The van der Waals surface area contributed by atoms with Crippen LogP contribution in [0.5, 0.6) is 0 Å². The smallest absolute Gasteiger partial charge is 0.329 e. The van der Waals surface area contributed by atoms with Crippen LogP contribution in [-0.4, -0.2) is 38.8 Å². The third-order valence-electron chi connectivity index (χ3n) is 2.83. The number of hydrogen-bond donors (Lipinski definition) is 2. The fourth-order valence-corrected chi connectivity index (χ4v) is 4.02. The number of hydrogen-bond acceptors (Lipinski definition) is 6. The lowest BCUT2D eigenvalue weighted by Crippen LogP contribution is -2.17. The van der Waals surface area contributed by atoms with Gasteiger partial charge in [0.25, 0.3) is 0 Å². The monoisotopic (exact) mass is 321 g/mol. The molecule has 2 N–H and O–H groups in total. The number of thioether (sulfide) groups is 1. The fourth-order valence-electron chi connectivity index (χ4n) is 1.91. The maximum absolute atomic E-state index is 11.1. The Labute approximate surface area is 128 Å². The number of aromatic nitrogens is 1. The molecule has 3 rings (SSSR count). The second-order valence-corrected chi connectivity index (χ2v) is 6.52. The first kappa shape index (κ1) is 14.0. The number of carbonyl (C=O) groups excluding carboxylic acids is 1. The molecule has 1 aliphatic rings. The number of aliphatic imine (C=N–C) groups is 1. The second kappa shape index (κ2) is 5.45. The summed E-state index contributed by atoms with van der Waals surface area (Å²) < 4.78 is 0.929. The van der Waals surface area contributed by atoms with E-state index < -0.39 is 12.0 Å². The summed E-state index contributed by atoms with van der Waals surface area (Å²) in [7, 11) is 0. The van der Waals surface area contributed by atoms with E-state index in [4.69, 9.17) is 5.11 Å². The van der Waals surface area contributed by atoms with Crippen LogP contribution in [-0.2, 0) is 9.59 Å². The Kier molecular flexibility index (Phi) is 3.64. The Morgan fingerprint density at radius 2 is 2.24 bits per heavy atom. The number of nitrogens with zero attached hydrogens (tertiary/aromatic N) is 2. The van der Waals surface area contributed by atoms with Gasteiger partial charge in [0.05, 0.1) is 10.2 Å². The van der Waals surface area contributed by atoms with Gasteiger partial charge in [0.15, 0.2) is 6.04 Å². The number of carbonyl (C=O) groups is 2. The molecular weight excluding hydrogens is 310 g/mol. The van der Waals surface area contributed by atoms with E-state index in [0.717, 1.165) is 20.9 Å². The van der Waals surface area contributed by atoms with Gasteiger partial charge in [0.2, 0.25) is 5.91 Å². The third kappa shape index (κ3) is 2.91. The molecule has 1 amide bonds. The van der Waals surface area contributed by atoms with E-state index in [0.29, 0.717) is 10.8 Å². The van der Waals surface area contributed by atoms with Crippen molar-refractivity contribution in [3.8, 4) is 0 Å².